The molecule has 12 N–H and O–H groups in total. The van der Waals surface area contributed by atoms with Crippen molar-refractivity contribution in [3.05, 3.63) is 82.5 Å². The average Bonchev–Trinajstić information content (AvgIpc) is 3.29. The highest BCUT2D eigenvalue weighted by atomic mass is 16.8. The van der Waals surface area contributed by atoms with Gasteiger partial charge in [0.15, 0.2) is 53.9 Å². The maximum Gasteiger partial charge on any atom is 0.335 e. The zero-order valence-electron chi connectivity index (χ0n) is 35.0. The minimum atomic E-state index is -2.44. The van der Waals surface area contributed by atoms with Crippen LogP contribution in [-0.2, 0) is 42.8 Å². The number of ether oxygens (including phenoxy) is 8. The molecule has 0 unspecified atom stereocenters. The van der Waals surface area contributed by atoms with Gasteiger partial charge in [0.2, 0.25) is 6.29 Å². The van der Waals surface area contributed by atoms with Crippen molar-refractivity contribution in [2.75, 3.05) is 13.7 Å². The number of carboxylic acids is 2. The zero-order valence-corrected chi connectivity index (χ0v) is 35.0. The van der Waals surface area contributed by atoms with Crippen LogP contribution in [0.15, 0.2) is 76.0 Å². The van der Waals surface area contributed by atoms with E-state index in [-0.39, 0.29) is 45.3 Å². The van der Waals surface area contributed by atoms with Crippen LogP contribution in [0.1, 0.15) is 5.56 Å². The minimum Gasteiger partial charge on any atom is -0.508 e. The van der Waals surface area contributed by atoms with Gasteiger partial charge in [-0.05, 0) is 48.0 Å². The number of fused-ring (bicyclic) bond motifs is 1. The fourth-order valence-electron chi connectivity index (χ4n) is 7.54. The van der Waals surface area contributed by atoms with Crippen LogP contribution < -0.4 is 14.9 Å². The molecule has 366 valence electrons. The summed E-state index contributed by atoms with van der Waals surface area (Å²) in [6, 6.07) is 12.5. The summed E-state index contributed by atoms with van der Waals surface area (Å²) < 4.78 is 50.7. The Morgan fingerprint density at radius 3 is 2.00 bits per heavy atom. The Hall–Kier alpha value is -6.46. The van der Waals surface area contributed by atoms with Crippen molar-refractivity contribution in [1.82, 2.24) is 0 Å². The van der Waals surface area contributed by atoms with Crippen molar-refractivity contribution in [2.45, 2.75) is 92.1 Å². The van der Waals surface area contributed by atoms with Crippen LogP contribution in [0.3, 0.4) is 0 Å². The molecular formula is C43H44O25. The number of hydrogen-bond donors (Lipinski definition) is 12. The molecule has 3 aliphatic rings. The Morgan fingerprint density at radius 1 is 0.676 bits per heavy atom. The highest BCUT2D eigenvalue weighted by molar-refractivity contribution is 5.88. The Kier molecular flexibility index (Phi) is 14.8. The first kappa shape index (κ1) is 49.4. The summed E-state index contributed by atoms with van der Waals surface area (Å²) in [5.41, 5.74) is -0.384. The van der Waals surface area contributed by atoms with E-state index in [1.807, 2.05) is 0 Å². The highest BCUT2D eigenvalue weighted by Gasteiger charge is 2.57. The number of phenolic OH excluding ortho intramolecular Hbond substituents is 3. The number of aromatic hydroxyl groups is 3. The number of carboxylic acid groups (broad SMARTS) is 2. The summed E-state index contributed by atoms with van der Waals surface area (Å²) in [5, 5.41) is 126. The van der Waals surface area contributed by atoms with Crippen molar-refractivity contribution in [3.63, 3.8) is 0 Å². The minimum absolute atomic E-state index is 0.00177. The van der Waals surface area contributed by atoms with Gasteiger partial charge in [0, 0.05) is 29.8 Å². The molecule has 0 spiro atoms. The Balaban J connectivity index is 1.26. The number of hydrogen-bond acceptors (Lipinski definition) is 23. The van der Waals surface area contributed by atoms with E-state index in [1.54, 1.807) is 0 Å². The second-order valence-electron chi connectivity index (χ2n) is 15.5. The molecule has 0 radical (unpaired) electrons. The molecule has 25 nitrogen and oxygen atoms in total. The third kappa shape index (κ3) is 10.2. The lowest BCUT2D eigenvalue weighted by Crippen LogP contribution is -2.68. The van der Waals surface area contributed by atoms with E-state index in [9.17, 15) is 80.5 Å². The third-order valence-electron chi connectivity index (χ3n) is 11.0. The summed E-state index contributed by atoms with van der Waals surface area (Å²) in [6.07, 6.45) is -31.3. The molecule has 3 fully saturated rings. The van der Waals surface area contributed by atoms with E-state index < -0.39 is 128 Å². The monoisotopic (exact) mass is 960 g/mol. The number of aliphatic carboxylic acids is 2. The second-order valence-corrected chi connectivity index (χ2v) is 15.5. The number of carbonyl (C=O) groups excluding carboxylic acids is 1. The largest absolute Gasteiger partial charge is 0.508 e. The van der Waals surface area contributed by atoms with Crippen LogP contribution in [0.5, 0.6) is 28.7 Å². The van der Waals surface area contributed by atoms with Gasteiger partial charge < -0.3 is 104 Å². The molecule has 0 amide bonds. The molecular weight excluding hydrogens is 916 g/mol. The van der Waals surface area contributed by atoms with Crippen LogP contribution in [0.25, 0.3) is 28.4 Å². The topological polar surface area (TPSA) is 398 Å². The number of benzene rings is 3. The third-order valence-corrected chi connectivity index (χ3v) is 11.0. The summed E-state index contributed by atoms with van der Waals surface area (Å²) >= 11 is 0. The van der Waals surface area contributed by atoms with Gasteiger partial charge in [-0.3, -0.25) is 4.79 Å². The van der Waals surface area contributed by atoms with Crippen LogP contribution >= 0.6 is 0 Å². The van der Waals surface area contributed by atoms with Crippen LogP contribution in [-0.4, -0.2) is 185 Å². The molecule has 7 rings (SSSR count). The van der Waals surface area contributed by atoms with Gasteiger partial charge in [-0.2, -0.15) is 0 Å². The fraction of sp³-hybridized carbons (Fsp3) is 0.395. The lowest BCUT2D eigenvalue weighted by Gasteiger charge is -2.48. The smallest absolute Gasteiger partial charge is 0.335 e. The molecule has 4 heterocycles. The molecule has 4 aromatic rings. The van der Waals surface area contributed by atoms with E-state index in [1.165, 1.54) is 49.6 Å². The van der Waals surface area contributed by atoms with E-state index in [0.717, 1.165) is 30.4 Å². The predicted octanol–water partition coefficient (Wildman–Crippen LogP) is -2.14. The van der Waals surface area contributed by atoms with Gasteiger partial charge in [-0.1, -0.05) is 6.07 Å². The Labute approximate surface area is 380 Å². The van der Waals surface area contributed by atoms with Crippen molar-refractivity contribution < 1.29 is 118 Å². The Bertz CT molecular complexity index is 2560. The quantitative estimate of drug-likeness (QED) is 0.0474. The normalized spacial score (nSPS) is 31.9. The number of methoxy groups -OCH3 is 1. The predicted molar refractivity (Wildman–Crippen MR) is 220 cm³/mol. The van der Waals surface area contributed by atoms with Crippen LogP contribution in [0.4, 0.5) is 0 Å². The number of carbonyl (C=O) groups is 3. The van der Waals surface area contributed by atoms with Gasteiger partial charge >= 0.3 is 17.9 Å². The molecule has 3 aliphatic heterocycles. The molecule has 0 aliphatic carbocycles. The maximum atomic E-state index is 13.6. The molecule has 25 heteroatoms. The van der Waals surface area contributed by atoms with E-state index in [0.29, 0.717) is 5.56 Å². The van der Waals surface area contributed by atoms with Crippen molar-refractivity contribution in [1.29, 1.82) is 0 Å². The van der Waals surface area contributed by atoms with E-state index in [2.05, 4.69) is 0 Å². The summed E-state index contributed by atoms with van der Waals surface area (Å²) in [6.45, 7) is -0.956. The SMILES string of the molecule is COc1cc(C=CC(=O)O[C@H]2[C@H](O[C@H]3[C@H](Oc4cc(O)c5c(=O)cc(-c6ccc(O)cc6)oc5c4)O[C@H](CO)[C@@H](O)[C@@H]3O)O[C@H](C(=O)O)[C@@H](O)[C@@H]2O[C@@H]2O[C@H](C(=O)O)[C@@H](O)[C@H](O)[C@H]2O)ccc1O. The van der Waals surface area contributed by atoms with Crippen molar-refractivity contribution in [2.24, 2.45) is 0 Å². The molecule has 3 aromatic carbocycles. The number of rotatable bonds is 14. The second kappa shape index (κ2) is 20.4. The Morgan fingerprint density at radius 2 is 1.34 bits per heavy atom. The maximum absolute atomic E-state index is 13.6. The van der Waals surface area contributed by atoms with E-state index in [4.69, 9.17) is 42.3 Å². The fourth-order valence-corrected chi connectivity index (χ4v) is 7.54. The van der Waals surface area contributed by atoms with Crippen molar-refractivity contribution >= 4 is 35.0 Å². The molecule has 68 heavy (non-hydrogen) atoms. The average molecular weight is 961 g/mol. The van der Waals surface area contributed by atoms with Gasteiger partial charge in [0.25, 0.3) is 0 Å². The molecule has 0 saturated carbocycles. The van der Waals surface area contributed by atoms with Crippen LogP contribution in [0, 0.1) is 0 Å². The highest BCUT2D eigenvalue weighted by Crippen LogP contribution is 2.37. The number of aliphatic hydroxyl groups excluding tert-OH is 7. The first-order valence-electron chi connectivity index (χ1n) is 20.2. The van der Waals surface area contributed by atoms with E-state index >= 15 is 0 Å². The lowest BCUT2D eigenvalue weighted by molar-refractivity contribution is -0.375. The van der Waals surface area contributed by atoms with Crippen molar-refractivity contribution in [3.8, 4) is 40.1 Å². The zero-order chi connectivity index (χ0) is 49.3. The van der Waals surface area contributed by atoms with Crippen LogP contribution in [0.2, 0.25) is 0 Å². The first-order valence-corrected chi connectivity index (χ1v) is 20.2. The van der Waals surface area contributed by atoms with Gasteiger partial charge in [-0.15, -0.1) is 0 Å². The molecule has 3 saturated heterocycles. The number of aliphatic hydroxyl groups is 7. The summed E-state index contributed by atoms with van der Waals surface area (Å²) in [7, 11) is 1.26. The molecule has 0 bridgehead atoms. The van der Waals surface area contributed by atoms with Gasteiger partial charge in [0.05, 0.1) is 13.7 Å². The lowest BCUT2D eigenvalue weighted by atomic mass is 9.95. The summed E-state index contributed by atoms with van der Waals surface area (Å²) in [5.74, 6) is -6.52. The number of esters is 1. The summed E-state index contributed by atoms with van der Waals surface area (Å²) in [4.78, 5) is 51.2. The first-order chi connectivity index (χ1) is 32.3. The van der Waals surface area contributed by atoms with Gasteiger partial charge in [-0.25, -0.2) is 14.4 Å². The molecule has 1 aromatic heterocycles. The molecule has 15 atom stereocenters. The standard InChI is InChI=1S/C43H44O25/c1-60-23-10-15(2-8-19(23)46)3-9-26(49)64-38-34(65-41-32(54)29(51)31(53)35(66-41)39(56)57)33(55)36(40(58)59)67-43(38)68-37-30(52)28(50)25(14-44)63-42(37)61-18-11-20(47)27-21(48)13-22(62-24(27)12-18)16-4-6-17(45)7-5-16/h2-13,25,28-38,41-47,50-55H,14H2,1H3,(H,56,57)(H,58,59)/t25-,28-,29+,30+,31+,32-,33+,34+,35+,36+,37-,38-,41-,42-,43+/m1/s1. The number of phenols is 3. The van der Waals surface area contributed by atoms with Gasteiger partial charge in [0.1, 0.15) is 82.8 Å².